The highest BCUT2D eigenvalue weighted by atomic mass is 32.2. The maximum Gasteiger partial charge on any atom is 0.407 e. The Morgan fingerprint density at radius 1 is 0.456 bits per heavy atom. The van der Waals surface area contributed by atoms with Gasteiger partial charge in [-0.1, -0.05) is 294 Å². The van der Waals surface area contributed by atoms with Crippen molar-refractivity contribution in [2.45, 2.75) is 208 Å². The summed E-state index contributed by atoms with van der Waals surface area (Å²) >= 11 is 2.70. The predicted octanol–water partition coefficient (Wildman–Crippen LogP) is 14.3. The summed E-state index contributed by atoms with van der Waals surface area (Å²) in [6, 6.07) is 75.9. The molecule has 14 N–H and O–H groups in total. The van der Waals surface area contributed by atoms with Gasteiger partial charge in [0.25, 0.3) is 10.0 Å². The number of nitrogens with one attached hydrogen (secondary N) is 11. The fourth-order valence-electron chi connectivity index (χ4n) is 17.1. The molecule has 26 nitrogen and oxygen atoms in total. The number of aliphatic carboxylic acids is 1. The van der Waals surface area contributed by atoms with Gasteiger partial charge in [-0.3, -0.25) is 39.0 Å². The van der Waals surface area contributed by atoms with Gasteiger partial charge in [-0.05, 0) is 174 Å². The number of thioether (sulfide) groups is 2. The number of benzene rings is 10. The molecular formula is C107H126N12O14S3. The van der Waals surface area contributed by atoms with E-state index in [1.54, 1.807) is 62.3 Å². The van der Waals surface area contributed by atoms with Crippen LogP contribution in [0.3, 0.4) is 0 Å². The van der Waals surface area contributed by atoms with Crippen LogP contribution in [0.4, 0.5) is 4.79 Å². The largest absolute Gasteiger partial charge is 0.487 e. The van der Waals surface area contributed by atoms with Gasteiger partial charge in [0.2, 0.25) is 47.3 Å². The van der Waals surface area contributed by atoms with Crippen LogP contribution in [0.15, 0.2) is 278 Å². The minimum atomic E-state index is -4.44. The number of guanidine groups is 1. The standard InChI is InChI=1S/C107H126N12O14S3/c1-70-71(2)90(72(3)82-67-103(10,11)132-89(70)82)136(130,131)119-99(109)110-65-43-63-85(113-93(122)84(62-41-42-64-111-100(129)133-102(7,8)9)112-92(121)83(108)68-134-106(76-50-29-17-30-51-76,77-52-31-18-32-53-77)78-54-33-19-34-55-78)96(125)118-104(12,13)98(128)115-86(66-88(120)117-105(73-44-23-14-24-45-73,74-46-25-15-26-47-74)75-48-27-16-28-49-75)94(123)114-87(95(124)116-91(97(126)127)101(4,5)6)69-135-107(79-56-35-20-36-57-79,80-58-37-21-38-59-80)81-60-39-22-40-61-81/h14-40,44-61,83-87,91H,41-43,62-69,108H2,1-13H3,(H,111,129)(H,112,121)(H,113,122)(H,114,123)(H,115,128)(H,116,124)(H,117,120)(H,118,125)(H,126,127)(H3,109,110,119)/t83-,84-,85-,86-,87-,91+/m0/s1. The number of carboxylic acids is 1. The quantitative estimate of drug-likeness (QED) is 0.00731. The average molecular weight is 1900 g/mol. The molecule has 0 aliphatic carbocycles. The Bertz CT molecular complexity index is 5640. The van der Waals surface area contributed by atoms with Crippen LogP contribution in [-0.4, -0.2) is 150 Å². The van der Waals surface area contributed by atoms with Crippen LogP contribution in [0.5, 0.6) is 5.75 Å². The lowest BCUT2D eigenvalue weighted by atomic mass is 9.77. The Morgan fingerprint density at radius 2 is 0.831 bits per heavy atom. The lowest BCUT2D eigenvalue weighted by molar-refractivity contribution is -0.145. The number of fused-ring (bicyclic) bond motifs is 1. The van der Waals surface area contributed by atoms with E-state index < -0.39 is 149 Å². The molecule has 29 heteroatoms. The van der Waals surface area contributed by atoms with Gasteiger partial charge in [0.1, 0.15) is 58.2 Å². The normalized spacial score (nSPS) is 14.0. The molecule has 0 aromatic heterocycles. The van der Waals surface area contributed by atoms with E-state index in [-0.39, 0.29) is 61.6 Å². The monoisotopic (exact) mass is 1900 g/mol. The van der Waals surface area contributed by atoms with Crippen molar-refractivity contribution in [1.29, 1.82) is 5.41 Å². The molecule has 1 aliphatic heterocycles. The second-order valence-electron chi connectivity index (χ2n) is 37.4. The van der Waals surface area contributed by atoms with Crippen molar-refractivity contribution in [1.82, 2.24) is 52.6 Å². The molecule has 0 saturated heterocycles. The predicted molar refractivity (Wildman–Crippen MR) is 535 cm³/mol. The number of hydrogen-bond donors (Lipinski definition) is 13. The summed E-state index contributed by atoms with van der Waals surface area (Å²) in [6.07, 6.45) is -1.11. The summed E-state index contributed by atoms with van der Waals surface area (Å²) < 4.78 is 41.1. The number of carbonyl (C=O) groups is 9. The van der Waals surface area contributed by atoms with E-state index in [0.717, 1.165) is 38.9 Å². The summed E-state index contributed by atoms with van der Waals surface area (Å²) in [5.74, 6) is -8.15. The van der Waals surface area contributed by atoms with Crippen LogP contribution in [0, 0.1) is 31.6 Å². The third-order valence-electron chi connectivity index (χ3n) is 24.0. The van der Waals surface area contributed by atoms with E-state index in [4.69, 9.17) is 20.6 Å². The zero-order valence-corrected chi connectivity index (χ0v) is 81.7. The van der Waals surface area contributed by atoms with Crippen LogP contribution in [0.25, 0.3) is 0 Å². The molecule has 0 spiro atoms. The van der Waals surface area contributed by atoms with E-state index >= 15 is 33.6 Å². The van der Waals surface area contributed by atoms with E-state index in [1.807, 2.05) is 287 Å². The molecular weight excluding hydrogens is 1770 g/mol. The maximum absolute atomic E-state index is 16.2. The Kier molecular flexibility index (Phi) is 34.6. The van der Waals surface area contributed by atoms with Gasteiger partial charge < -0.3 is 68.2 Å². The first-order valence-corrected chi connectivity index (χ1v) is 49.1. The van der Waals surface area contributed by atoms with Gasteiger partial charge in [0, 0.05) is 36.6 Å². The van der Waals surface area contributed by atoms with Crippen LogP contribution in [-0.2, 0) is 74.6 Å². The number of nitrogens with two attached hydrogens (primary N) is 1. The second-order valence-corrected chi connectivity index (χ2v) is 41.5. The number of rotatable bonds is 42. The fourth-order valence-corrected chi connectivity index (χ4v) is 21.6. The second kappa shape index (κ2) is 45.5. The van der Waals surface area contributed by atoms with Gasteiger partial charge in [0.05, 0.1) is 26.9 Å². The number of hydrogen-bond acceptors (Lipinski definition) is 17. The third-order valence-corrected chi connectivity index (χ3v) is 28.9. The summed E-state index contributed by atoms with van der Waals surface area (Å²) in [5, 5.41) is 45.6. The first-order valence-electron chi connectivity index (χ1n) is 45.7. The molecule has 0 unspecified atom stereocenters. The number of carboxylic acid groups (broad SMARTS) is 1. The van der Waals surface area contributed by atoms with Crippen LogP contribution < -0.4 is 63.0 Å². The van der Waals surface area contributed by atoms with Gasteiger partial charge in [-0.2, -0.15) is 0 Å². The van der Waals surface area contributed by atoms with E-state index in [0.29, 0.717) is 45.6 Å². The van der Waals surface area contributed by atoms with Crippen molar-refractivity contribution in [3.05, 3.63) is 345 Å². The van der Waals surface area contributed by atoms with Gasteiger partial charge in [0.15, 0.2) is 0 Å². The van der Waals surface area contributed by atoms with Gasteiger partial charge >= 0.3 is 12.1 Å². The fraction of sp³-hybridized carbons (Fsp3) is 0.346. The zero-order chi connectivity index (χ0) is 98.4. The molecule has 1 heterocycles. The highest BCUT2D eigenvalue weighted by Crippen LogP contribution is 2.51. The van der Waals surface area contributed by atoms with Crippen LogP contribution in [0.1, 0.15) is 180 Å². The van der Waals surface area contributed by atoms with E-state index in [2.05, 4.69) is 52.6 Å². The molecule has 6 atom stereocenters. The van der Waals surface area contributed by atoms with Gasteiger partial charge in [-0.25, -0.2) is 22.7 Å². The molecule has 0 fully saturated rings. The Hall–Kier alpha value is -13.1. The Labute approximate surface area is 806 Å². The first-order chi connectivity index (χ1) is 64.6. The molecule has 0 saturated carbocycles. The van der Waals surface area contributed by atoms with E-state index in [9.17, 15) is 23.1 Å². The number of unbranched alkanes of at least 4 members (excludes halogenated alkanes) is 1. The minimum Gasteiger partial charge on any atom is -0.487 e. The molecule has 1 aliphatic rings. The van der Waals surface area contributed by atoms with Crippen molar-refractivity contribution in [3.63, 3.8) is 0 Å². The number of sulfonamides is 1. The van der Waals surface area contributed by atoms with Crippen molar-refractivity contribution >= 4 is 92.9 Å². The highest BCUT2D eigenvalue weighted by molar-refractivity contribution is 8.01. The molecule has 136 heavy (non-hydrogen) atoms. The smallest absolute Gasteiger partial charge is 0.407 e. The summed E-state index contributed by atoms with van der Waals surface area (Å²) in [4.78, 5) is 136. The highest BCUT2D eigenvalue weighted by Gasteiger charge is 2.47. The Balaban J connectivity index is 0.947. The first kappa shape index (κ1) is 103. The summed E-state index contributed by atoms with van der Waals surface area (Å²) in [6.45, 7) is 21.6. The maximum atomic E-state index is 16.2. The van der Waals surface area contributed by atoms with Crippen LogP contribution in [0.2, 0.25) is 0 Å². The molecule has 0 bridgehead atoms. The minimum absolute atomic E-state index is 0.0000506. The lowest BCUT2D eigenvalue weighted by Gasteiger charge is -2.38. The average Bonchev–Trinajstić information content (AvgIpc) is 1.75. The number of amides is 8. The third kappa shape index (κ3) is 25.7. The van der Waals surface area contributed by atoms with Crippen molar-refractivity contribution < 1.29 is 66.1 Å². The number of ether oxygens (including phenoxy) is 2. The van der Waals surface area contributed by atoms with E-state index in [1.165, 1.54) is 37.4 Å². The van der Waals surface area contributed by atoms with Crippen LogP contribution >= 0.6 is 23.5 Å². The molecule has 0 radical (unpaired) electrons. The van der Waals surface area contributed by atoms with Crippen molar-refractivity contribution in [2.24, 2.45) is 11.1 Å². The summed E-state index contributed by atoms with van der Waals surface area (Å²) in [7, 11) is -4.44. The summed E-state index contributed by atoms with van der Waals surface area (Å²) in [5.41, 5.74) is 9.98. The SMILES string of the molecule is Cc1c(C)c(S(=O)(=O)NC(=N)NCCC[C@H](NC(=O)[C@H](CCCCNC(=O)OC(C)(C)C)NC(=O)[C@@H](N)CSC(c2ccccc2)(c2ccccc2)c2ccccc2)C(=O)NC(C)(C)C(=O)N[C@@H](CC(=O)NC(c2ccccc2)(c2ccccc2)c2ccccc2)C(=O)N[C@@H](CSC(c2ccccc2)(c2ccccc2)c2ccccc2)C(=O)N[C@H](C(=O)O)C(C)(C)C)c(C)c2c1OC(C)(C)C2. The number of alkyl carbamates (subject to hydrolysis) is 1. The molecule has 716 valence electrons. The number of carbonyl (C=O) groups excluding carboxylic acids is 8. The lowest BCUT2D eigenvalue weighted by Crippen LogP contribution is -2.64. The Morgan fingerprint density at radius 3 is 1.25 bits per heavy atom. The molecule has 10 aromatic rings. The topological polar surface area (TPSA) is 397 Å². The molecule has 10 aromatic carbocycles. The molecule has 8 amide bonds. The van der Waals surface area contributed by atoms with Crippen molar-refractivity contribution in [3.8, 4) is 5.75 Å². The van der Waals surface area contributed by atoms with Gasteiger partial charge in [-0.15, -0.1) is 23.5 Å². The van der Waals surface area contributed by atoms with Crippen molar-refractivity contribution in [2.75, 3.05) is 24.6 Å². The zero-order valence-electron chi connectivity index (χ0n) is 79.3. The molecule has 11 rings (SSSR count).